The number of aliphatic hydroxyl groups excluding tert-OH is 1. The maximum absolute atomic E-state index is 11.6. The van der Waals surface area contributed by atoms with Crippen LogP contribution < -0.4 is 0 Å². The van der Waals surface area contributed by atoms with Crippen molar-refractivity contribution in [3.63, 3.8) is 0 Å². The number of aryl methyl sites for hydroxylation is 1. The molecular weight excluding hydrogens is 260 g/mol. The molecule has 0 aliphatic heterocycles. The molecule has 1 rings (SSSR count). The fraction of sp³-hybridized carbons (Fsp3) is 0.533. The average molecular weight is 282 g/mol. The van der Waals surface area contributed by atoms with Gasteiger partial charge in [-0.05, 0) is 24.5 Å². The molecule has 20 heavy (non-hydrogen) atoms. The van der Waals surface area contributed by atoms with Crippen molar-refractivity contribution in [1.82, 2.24) is 0 Å². The van der Waals surface area contributed by atoms with Gasteiger partial charge in [-0.15, -0.1) is 0 Å². The van der Waals surface area contributed by atoms with E-state index in [0.29, 0.717) is 32.0 Å². The van der Waals surface area contributed by atoms with E-state index in [2.05, 4.69) is 0 Å². The van der Waals surface area contributed by atoms with Gasteiger partial charge in [0.25, 0.3) is 0 Å². The molecule has 0 fully saturated rings. The first-order valence-corrected chi connectivity index (χ1v) is 6.72. The molecule has 0 saturated heterocycles. The smallest absolute Gasteiger partial charge is 0.338 e. The van der Waals surface area contributed by atoms with Crippen LogP contribution in [0.2, 0.25) is 0 Å². The van der Waals surface area contributed by atoms with Gasteiger partial charge in [-0.2, -0.15) is 0 Å². The summed E-state index contributed by atoms with van der Waals surface area (Å²) in [6, 6.07) is 7.43. The van der Waals surface area contributed by atoms with Crippen molar-refractivity contribution in [2.45, 2.75) is 12.8 Å². The predicted molar refractivity (Wildman–Crippen MR) is 74.8 cm³/mol. The highest BCUT2D eigenvalue weighted by Gasteiger charge is 2.10. The van der Waals surface area contributed by atoms with Crippen LogP contribution in [0.4, 0.5) is 0 Å². The zero-order chi connectivity index (χ0) is 14.6. The van der Waals surface area contributed by atoms with Crippen LogP contribution in [0.15, 0.2) is 24.3 Å². The van der Waals surface area contributed by atoms with Gasteiger partial charge in [-0.3, -0.25) is 0 Å². The van der Waals surface area contributed by atoms with Crippen molar-refractivity contribution >= 4 is 5.97 Å². The number of methoxy groups -OCH3 is 1. The van der Waals surface area contributed by atoms with E-state index in [-0.39, 0.29) is 12.6 Å². The molecular formula is C15H22O5. The standard InChI is InChI=1S/C15H22O5/c1-18-15(17)14-7-3-2-5-13(14)6-4-9-19-11-12-20-10-8-16/h2-3,5,7,16H,4,6,8-12H2,1H3. The van der Waals surface area contributed by atoms with Crippen LogP contribution in [0.1, 0.15) is 22.3 Å². The maximum Gasteiger partial charge on any atom is 0.338 e. The van der Waals surface area contributed by atoms with Crippen molar-refractivity contribution in [3.05, 3.63) is 35.4 Å². The third-order valence-corrected chi connectivity index (χ3v) is 2.77. The molecule has 0 unspecified atom stereocenters. The minimum atomic E-state index is -0.307. The Morgan fingerprint density at radius 1 is 1.10 bits per heavy atom. The van der Waals surface area contributed by atoms with Crippen molar-refractivity contribution in [3.8, 4) is 0 Å². The second-order valence-electron chi connectivity index (χ2n) is 4.20. The van der Waals surface area contributed by atoms with Crippen LogP contribution in [0.25, 0.3) is 0 Å². The number of aliphatic hydroxyl groups is 1. The van der Waals surface area contributed by atoms with Crippen LogP contribution in [-0.4, -0.2) is 51.2 Å². The molecule has 0 radical (unpaired) electrons. The summed E-state index contributed by atoms with van der Waals surface area (Å²) in [7, 11) is 1.38. The zero-order valence-electron chi connectivity index (χ0n) is 11.8. The van der Waals surface area contributed by atoms with E-state index in [1.54, 1.807) is 6.07 Å². The van der Waals surface area contributed by atoms with E-state index >= 15 is 0 Å². The molecule has 0 heterocycles. The third-order valence-electron chi connectivity index (χ3n) is 2.77. The monoisotopic (exact) mass is 282 g/mol. The molecule has 0 saturated carbocycles. The summed E-state index contributed by atoms with van der Waals surface area (Å²) in [5, 5.41) is 8.52. The first-order chi connectivity index (χ1) is 9.79. The Balaban J connectivity index is 2.23. The lowest BCUT2D eigenvalue weighted by atomic mass is 10.0. The van der Waals surface area contributed by atoms with Gasteiger partial charge in [0.2, 0.25) is 0 Å². The Morgan fingerprint density at radius 2 is 1.80 bits per heavy atom. The van der Waals surface area contributed by atoms with Crippen LogP contribution in [0, 0.1) is 0 Å². The number of esters is 1. The summed E-state index contributed by atoms with van der Waals surface area (Å²) in [5.74, 6) is -0.307. The van der Waals surface area contributed by atoms with Gasteiger partial charge in [0.05, 0.1) is 39.1 Å². The first kappa shape index (κ1) is 16.6. The Hall–Kier alpha value is -1.43. The Labute approximate surface area is 119 Å². The van der Waals surface area contributed by atoms with E-state index in [1.165, 1.54) is 7.11 Å². The normalized spacial score (nSPS) is 10.5. The van der Waals surface area contributed by atoms with Crippen molar-refractivity contribution in [2.75, 3.05) is 40.1 Å². The van der Waals surface area contributed by atoms with Gasteiger partial charge < -0.3 is 19.3 Å². The fourth-order valence-electron chi connectivity index (χ4n) is 1.80. The number of benzene rings is 1. The lowest BCUT2D eigenvalue weighted by Gasteiger charge is -2.08. The Bertz CT molecular complexity index is 392. The van der Waals surface area contributed by atoms with Crippen molar-refractivity contribution in [2.24, 2.45) is 0 Å². The highest BCUT2D eigenvalue weighted by Crippen LogP contribution is 2.12. The molecule has 112 valence electrons. The predicted octanol–water partition coefficient (Wildman–Crippen LogP) is 1.43. The highest BCUT2D eigenvalue weighted by molar-refractivity contribution is 5.90. The molecule has 5 nitrogen and oxygen atoms in total. The Morgan fingerprint density at radius 3 is 2.50 bits per heavy atom. The molecule has 0 aliphatic rings. The van der Waals surface area contributed by atoms with Crippen molar-refractivity contribution in [1.29, 1.82) is 0 Å². The molecule has 1 aromatic rings. The van der Waals surface area contributed by atoms with Gasteiger partial charge in [0.15, 0.2) is 0 Å². The number of carbonyl (C=O) groups is 1. The molecule has 1 N–H and O–H groups in total. The number of carbonyl (C=O) groups excluding carboxylic acids is 1. The van der Waals surface area contributed by atoms with Crippen LogP contribution in [0.3, 0.4) is 0 Å². The molecule has 0 aliphatic carbocycles. The molecule has 0 atom stereocenters. The summed E-state index contributed by atoms with van der Waals surface area (Å²) in [6.45, 7) is 1.98. The lowest BCUT2D eigenvalue weighted by molar-refractivity contribution is 0.0325. The SMILES string of the molecule is COC(=O)c1ccccc1CCCOCCOCCO. The molecule has 5 heteroatoms. The fourth-order valence-corrected chi connectivity index (χ4v) is 1.80. The molecule has 0 amide bonds. The summed E-state index contributed by atoms with van der Waals surface area (Å²) >= 11 is 0. The van der Waals surface area contributed by atoms with E-state index in [1.807, 2.05) is 18.2 Å². The van der Waals surface area contributed by atoms with E-state index in [9.17, 15) is 4.79 Å². The topological polar surface area (TPSA) is 65.0 Å². The summed E-state index contributed by atoms with van der Waals surface area (Å²) in [6.07, 6.45) is 1.59. The maximum atomic E-state index is 11.6. The average Bonchev–Trinajstić information content (AvgIpc) is 2.49. The Kier molecular flexibility index (Phi) is 8.62. The quantitative estimate of drug-likeness (QED) is 0.519. The zero-order valence-corrected chi connectivity index (χ0v) is 11.8. The van der Waals surface area contributed by atoms with Crippen LogP contribution in [0.5, 0.6) is 0 Å². The van der Waals surface area contributed by atoms with E-state index in [4.69, 9.17) is 19.3 Å². The number of hydrogen-bond donors (Lipinski definition) is 1. The van der Waals surface area contributed by atoms with Crippen LogP contribution in [-0.2, 0) is 20.6 Å². The third kappa shape index (κ3) is 6.14. The second-order valence-corrected chi connectivity index (χ2v) is 4.20. The summed E-state index contributed by atoms with van der Waals surface area (Å²) < 4.78 is 15.2. The van der Waals surface area contributed by atoms with E-state index in [0.717, 1.165) is 18.4 Å². The van der Waals surface area contributed by atoms with Gasteiger partial charge in [-0.25, -0.2) is 4.79 Å². The largest absolute Gasteiger partial charge is 0.465 e. The van der Waals surface area contributed by atoms with Gasteiger partial charge >= 0.3 is 5.97 Å². The number of rotatable bonds is 10. The van der Waals surface area contributed by atoms with E-state index < -0.39 is 0 Å². The summed E-state index contributed by atoms with van der Waals surface area (Å²) in [4.78, 5) is 11.6. The van der Waals surface area contributed by atoms with Gasteiger partial charge in [0, 0.05) is 6.61 Å². The summed E-state index contributed by atoms with van der Waals surface area (Å²) in [5.41, 5.74) is 1.58. The molecule has 1 aromatic carbocycles. The van der Waals surface area contributed by atoms with Crippen molar-refractivity contribution < 1.29 is 24.1 Å². The number of ether oxygens (including phenoxy) is 3. The second kappa shape index (κ2) is 10.4. The van der Waals surface area contributed by atoms with Crippen LogP contribution >= 0.6 is 0 Å². The number of hydrogen-bond acceptors (Lipinski definition) is 5. The minimum Gasteiger partial charge on any atom is -0.465 e. The molecule has 0 aromatic heterocycles. The highest BCUT2D eigenvalue weighted by atomic mass is 16.5. The first-order valence-electron chi connectivity index (χ1n) is 6.72. The lowest BCUT2D eigenvalue weighted by Crippen LogP contribution is -2.09. The van der Waals surface area contributed by atoms with Gasteiger partial charge in [0.1, 0.15) is 0 Å². The molecule has 0 bridgehead atoms. The van der Waals surface area contributed by atoms with Gasteiger partial charge in [-0.1, -0.05) is 18.2 Å². The molecule has 0 spiro atoms. The minimum absolute atomic E-state index is 0.0321.